The third-order valence-corrected chi connectivity index (χ3v) is 2.13. The highest BCUT2D eigenvalue weighted by molar-refractivity contribution is 5.78. The quantitative estimate of drug-likeness (QED) is 0.809. The lowest BCUT2D eigenvalue weighted by molar-refractivity contribution is -0.124. The van der Waals surface area contributed by atoms with Crippen LogP contribution in [-0.4, -0.2) is 17.1 Å². The number of nitrogens with two attached hydrogens (primary N) is 1. The number of benzene rings is 1. The van der Waals surface area contributed by atoms with Crippen molar-refractivity contribution >= 4 is 5.91 Å². The Morgan fingerprint density at radius 2 is 2.12 bits per heavy atom. The van der Waals surface area contributed by atoms with Gasteiger partial charge in [-0.25, -0.2) is 4.39 Å². The molecule has 0 saturated carbocycles. The number of halogens is 1. The molecule has 1 rings (SSSR count). The summed E-state index contributed by atoms with van der Waals surface area (Å²) in [5.41, 5.74) is 5.32. The van der Waals surface area contributed by atoms with Crippen LogP contribution < -0.4 is 10.5 Å². The van der Waals surface area contributed by atoms with E-state index in [2.05, 4.69) is 0 Å². The van der Waals surface area contributed by atoms with Gasteiger partial charge in [0.2, 0.25) is 0 Å². The molecule has 5 heteroatoms. The number of hydrogen-bond donors (Lipinski definition) is 2. The number of aliphatic hydroxyl groups is 1. The van der Waals surface area contributed by atoms with E-state index in [1.165, 1.54) is 26.0 Å². The highest BCUT2D eigenvalue weighted by Gasteiger charge is 2.15. The number of amides is 1. The Hall–Kier alpha value is -1.62. The summed E-state index contributed by atoms with van der Waals surface area (Å²) in [7, 11) is 0. The third-order valence-electron chi connectivity index (χ3n) is 2.13. The molecule has 0 saturated heterocycles. The number of aliphatic hydroxyl groups excluding tert-OH is 1. The lowest BCUT2D eigenvalue weighted by atomic mass is 10.1. The largest absolute Gasteiger partial charge is 0.481 e. The molecule has 1 aromatic rings. The summed E-state index contributed by atoms with van der Waals surface area (Å²) in [6.45, 7) is 2.97. The Bertz CT molecular complexity index is 393. The Labute approximate surface area is 92.8 Å². The molecule has 2 atom stereocenters. The van der Waals surface area contributed by atoms with Crippen molar-refractivity contribution in [3.05, 3.63) is 29.6 Å². The number of primary amides is 1. The van der Waals surface area contributed by atoms with Crippen LogP contribution in [0.25, 0.3) is 0 Å². The van der Waals surface area contributed by atoms with Gasteiger partial charge in [0.15, 0.2) is 6.10 Å². The van der Waals surface area contributed by atoms with Crippen molar-refractivity contribution in [1.82, 2.24) is 0 Å². The Balaban J connectivity index is 2.99. The molecule has 3 N–H and O–H groups in total. The number of hydrogen-bond acceptors (Lipinski definition) is 3. The minimum Gasteiger partial charge on any atom is -0.481 e. The zero-order valence-electron chi connectivity index (χ0n) is 9.11. The van der Waals surface area contributed by atoms with Crippen LogP contribution in [0.5, 0.6) is 5.75 Å². The van der Waals surface area contributed by atoms with Crippen LogP contribution in [-0.2, 0) is 4.79 Å². The molecule has 0 radical (unpaired) electrons. The molecule has 0 spiro atoms. The molecule has 0 aliphatic carbocycles. The minimum atomic E-state index is -0.884. The van der Waals surface area contributed by atoms with Gasteiger partial charge in [0.05, 0.1) is 6.10 Å². The molecule has 1 aromatic carbocycles. The number of carbonyl (C=O) groups is 1. The van der Waals surface area contributed by atoms with Gasteiger partial charge in [-0.1, -0.05) is 0 Å². The fourth-order valence-corrected chi connectivity index (χ4v) is 1.20. The summed E-state index contributed by atoms with van der Waals surface area (Å²) in [5.74, 6) is -0.849. The van der Waals surface area contributed by atoms with Gasteiger partial charge >= 0.3 is 0 Å². The van der Waals surface area contributed by atoms with Crippen LogP contribution in [0, 0.1) is 5.82 Å². The van der Waals surface area contributed by atoms with Gasteiger partial charge in [0.25, 0.3) is 5.91 Å². The van der Waals surface area contributed by atoms with Crippen LogP contribution in [0.4, 0.5) is 4.39 Å². The molecule has 1 amide bonds. The number of ether oxygens (including phenoxy) is 1. The standard InChI is InChI=1S/C11H14FNO3/c1-6(14)9-5-8(12)3-4-10(9)16-7(2)11(13)15/h3-7,14H,1-2H3,(H2,13,15). The molecule has 0 aromatic heterocycles. The van der Waals surface area contributed by atoms with E-state index >= 15 is 0 Å². The average molecular weight is 227 g/mol. The Kier molecular flexibility index (Phi) is 3.84. The van der Waals surface area contributed by atoms with E-state index in [9.17, 15) is 14.3 Å². The second kappa shape index (κ2) is 4.94. The molecule has 88 valence electrons. The lowest BCUT2D eigenvalue weighted by Gasteiger charge is -2.16. The first-order chi connectivity index (χ1) is 7.41. The molecule has 4 nitrogen and oxygen atoms in total. The van der Waals surface area contributed by atoms with Crippen LogP contribution in [0.3, 0.4) is 0 Å². The second-order valence-electron chi connectivity index (χ2n) is 3.52. The maximum Gasteiger partial charge on any atom is 0.258 e. The molecule has 0 fully saturated rings. The predicted molar refractivity (Wildman–Crippen MR) is 56.3 cm³/mol. The summed E-state index contributed by atoms with van der Waals surface area (Å²) < 4.78 is 18.2. The van der Waals surface area contributed by atoms with E-state index in [1.807, 2.05) is 0 Å². The molecule has 16 heavy (non-hydrogen) atoms. The van der Waals surface area contributed by atoms with Crippen molar-refractivity contribution in [3.63, 3.8) is 0 Å². The average Bonchev–Trinajstić information content (AvgIpc) is 2.20. The van der Waals surface area contributed by atoms with Gasteiger partial charge in [0.1, 0.15) is 11.6 Å². The molecule has 0 aliphatic heterocycles. The summed E-state index contributed by atoms with van der Waals surface area (Å²) in [6, 6.07) is 3.71. The van der Waals surface area contributed by atoms with Gasteiger partial charge in [-0.05, 0) is 32.0 Å². The lowest BCUT2D eigenvalue weighted by Crippen LogP contribution is -2.31. The van der Waals surface area contributed by atoms with Crippen molar-refractivity contribution in [2.24, 2.45) is 5.73 Å². The van der Waals surface area contributed by atoms with Gasteiger partial charge in [-0.3, -0.25) is 4.79 Å². The monoisotopic (exact) mass is 227 g/mol. The maximum atomic E-state index is 12.9. The zero-order chi connectivity index (χ0) is 12.3. The number of rotatable bonds is 4. The normalized spacial score (nSPS) is 14.2. The van der Waals surface area contributed by atoms with Crippen molar-refractivity contribution in [2.75, 3.05) is 0 Å². The van der Waals surface area contributed by atoms with Crippen molar-refractivity contribution in [1.29, 1.82) is 0 Å². The van der Waals surface area contributed by atoms with E-state index < -0.39 is 23.9 Å². The maximum absolute atomic E-state index is 12.9. The highest BCUT2D eigenvalue weighted by atomic mass is 19.1. The van der Waals surface area contributed by atoms with Crippen molar-refractivity contribution in [2.45, 2.75) is 26.1 Å². The molecule has 0 bridgehead atoms. The van der Waals surface area contributed by atoms with Crippen LogP contribution >= 0.6 is 0 Å². The van der Waals surface area contributed by atoms with Crippen molar-refractivity contribution in [3.8, 4) is 5.75 Å². The molecule has 0 heterocycles. The van der Waals surface area contributed by atoms with E-state index in [4.69, 9.17) is 10.5 Å². The minimum absolute atomic E-state index is 0.253. The third kappa shape index (κ3) is 2.93. The molecular formula is C11H14FNO3. The first kappa shape index (κ1) is 12.4. The van der Waals surface area contributed by atoms with Crippen LogP contribution in [0.15, 0.2) is 18.2 Å². The predicted octanol–water partition coefficient (Wildman–Crippen LogP) is 1.13. The van der Waals surface area contributed by atoms with Gasteiger partial charge in [0, 0.05) is 5.56 Å². The fraction of sp³-hybridized carbons (Fsp3) is 0.364. The van der Waals surface area contributed by atoms with Crippen LogP contribution in [0.2, 0.25) is 0 Å². The SMILES string of the molecule is CC(Oc1ccc(F)cc1C(C)O)C(N)=O. The molecule has 0 aliphatic rings. The first-order valence-corrected chi connectivity index (χ1v) is 4.85. The summed E-state index contributed by atoms with van der Waals surface area (Å²) in [4.78, 5) is 10.8. The van der Waals surface area contributed by atoms with E-state index in [-0.39, 0.29) is 11.3 Å². The zero-order valence-corrected chi connectivity index (χ0v) is 9.11. The van der Waals surface area contributed by atoms with Crippen molar-refractivity contribution < 1.29 is 19.0 Å². The van der Waals surface area contributed by atoms with E-state index in [0.717, 1.165) is 6.07 Å². The molecule has 2 unspecified atom stereocenters. The highest BCUT2D eigenvalue weighted by Crippen LogP contribution is 2.26. The first-order valence-electron chi connectivity index (χ1n) is 4.85. The summed E-state index contributed by atoms with van der Waals surface area (Å²) in [6.07, 6.45) is -1.71. The second-order valence-corrected chi connectivity index (χ2v) is 3.52. The fourth-order valence-electron chi connectivity index (χ4n) is 1.20. The number of carbonyl (C=O) groups excluding carboxylic acids is 1. The van der Waals surface area contributed by atoms with Gasteiger partial charge in [-0.2, -0.15) is 0 Å². The van der Waals surface area contributed by atoms with Gasteiger partial charge < -0.3 is 15.6 Å². The van der Waals surface area contributed by atoms with E-state index in [1.54, 1.807) is 0 Å². The molecular weight excluding hydrogens is 213 g/mol. The van der Waals surface area contributed by atoms with E-state index in [0.29, 0.717) is 0 Å². The van der Waals surface area contributed by atoms with Gasteiger partial charge in [-0.15, -0.1) is 0 Å². The topological polar surface area (TPSA) is 72.6 Å². The van der Waals surface area contributed by atoms with Crippen LogP contribution in [0.1, 0.15) is 25.5 Å². The Morgan fingerprint density at radius 3 is 2.62 bits per heavy atom. The Morgan fingerprint density at radius 1 is 1.50 bits per heavy atom. The summed E-state index contributed by atoms with van der Waals surface area (Å²) >= 11 is 0. The summed E-state index contributed by atoms with van der Waals surface area (Å²) in [5, 5.41) is 9.42. The smallest absolute Gasteiger partial charge is 0.258 e.